The van der Waals surface area contributed by atoms with E-state index in [0.717, 1.165) is 51.6 Å². The van der Waals surface area contributed by atoms with Crippen LogP contribution in [-0.2, 0) is 6.54 Å². The van der Waals surface area contributed by atoms with Crippen LogP contribution in [0.2, 0.25) is 0 Å². The van der Waals surface area contributed by atoms with E-state index in [-0.39, 0.29) is 0 Å². The van der Waals surface area contributed by atoms with Crippen molar-refractivity contribution in [3.05, 3.63) is 54.1 Å². The first-order chi connectivity index (χ1) is 12.8. The molecule has 0 unspecified atom stereocenters. The van der Waals surface area contributed by atoms with Gasteiger partial charge in [-0.05, 0) is 54.1 Å². The predicted molar refractivity (Wildman–Crippen MR) is 105 cm³/mol. The summed E-state index contributed by atoms with van der Waals surface area (Å²) in [6.07, 6.45) is 1.87. The summed E-state index contributed by atoms with van der Waals surface area (Å²) in [5, 5.41) is 1.03. The van der Waals surface area contributed by atoms with E-state index in [0.29, 0.717) is 0 Å². The average molecular weight is 365 g/mol. The minimum absolute atomic E-state index is 0.832. The Morgan fingerprint density at radius 2 is 1.65 bits per heavy atom. The second-order valence-corrected chi connectivity index (χ2v) is 6.89. The molecule has 4 rings (SSSR count). The van der Waals surface area contributed by atoms with Gasteiger partial charge in [-0.25, -0.2) is 9.98 Å². The van der Waals surface area contributed by atoms with Crippen LogP contribution < -0.4 is 9.47 Å². The molecular formula is C20H19N3O2S. The zero-order chi connectivity index (χ0) is 17.9. The minimum atomic E-state index is 0.832. The zero-order valence-corrected chi connectivity index (χ0v) is 15.5. The van der Waals surface area contributed by atoms with Gasteiger partial charge in [-0.15, -0.1) is 0 Å². The zero-order valence-electron chi connectivity index (χ0n) is 14.7. The molecule has 6 heteroatoms. The highest BCUT2D eigenvalue weighted by Gasteiger charge is 2.22. The standard InChI is InChI=1S/C20H19N3O2S/c1-24-16-7-3-14(4-8-16)13-21-19-18(22-20-23(19)11-12-26-20)15-5-9-17(25-2)10-6-15/h3-10,13H,11-12H2,1-2H3/b21-13+. The summed E-state index contributed by atoms with van der Waals surface area (Å²) >= 11 is 1.77. The van der Waals surface area contributed by atoms with Crippen LogP contribution in [0.15, 0.2) is 58.7 Å². The summed E-state index contributed by atoms with van der Waals surface area (Å²) in [7, 11) is 3.33. The number of fused-ring (bicyclic) bond motifs is 1. The molecule has 1 aliphatic heterocycles. The van der Waals surface area contributed by atoms with Crippen molar-refractivity contribution in [2.24, 2.45) is 4.99 Å². The maximum absolute atomic E-state index is 5.25. The molecular weight excluding hydrogens is 346 g/mol. The molecule has 0 spiro atoms. The lowest BCUT2D eigenvalue weighted by atomic mass is 10.1. The van der Waals surface area contributed by atoms with Crippen LogP contribution in [-0.4, -0.2) is 35.7 Å². The van der Waals surface area contributed by atoms with Crippen molar-refractivity contribution < 1.29 is 9.47 Å². The van der Waals surface area contributed by atoms with Crippen LogP contribution in [0.5, 0.6) is 11.5 Å². The monoisotopic (exact) mass is 365 g/mol. The van der Waals surface area contributed by atoms with Crippen LogP contribution in [0.1, 0.15) is 5.56 Å². The molecule has 1 aliphatic rings. The van der Waals surface area contributed by atoms with Gasteiger partial charge >= 0.3 is 0 Å². The summed E-state index contributed by atoms with van der Waals surface area (Å²) < 4.78 is 12.6. The number of hydrogen-bond donors (Lipinski definition) is 0. The fraction of sp³-hybridized carbons (Fsp3) is 0.200. The van der Waals surface area contributed by atoms with Crippen molar-refractivity contribution in [3.8, 4) is 22.8 Å². The van der Waals surface area contributed by atoms with E-state index in [1.54, 1.807) is 26.0 Å². The predicted octanol–water partition coefficient (Wildman–Crippen LogP) is 4.42. The number of thioether (sulfide) groups is 1. The van der Waals surface area contributed by atoms with Crippen LogP contribution >= 0.6 is 11.8 Å². The van der Waals surface area contributed by atoms with Gasteiger partial charge in [0.05, 0.1) is 14.2 Å². The average Bonchev–Trinajstić information content (AvgIpc) is 3.28. The Labute approximate surface area is 156 Å². The van der Waals surface area contributed by atoms with Gasteiger partial charge in [0, 0.05) is 24.1 Å². The number of nitrogens with zero attached hydrogens (tertiary/aromatic N) is 3. The Bertz CT molecular complexity index is 931. The first kappa shape index (κ1) is 16.7. The van der Waals surface area contributed by atoms with Crippen molar-refractivity contribution in [2.45, 2.75) is 11.7 Å². The number of ether oxygens (including phenoxy) is 2. The molecule has 0 atom stereocenters. The number of imidazole rings is 1. The van der Waals surface area contributed by atoms with E-state index in [1.807, 2.05) is 54.7 Å². The van der Waals surface area contributed by atoms with E-state index in [2.05, 4.69) is 4.57 Å². The van der Waals surface area contributed by atoms with Gasteiger partial charge in [-0.2, -0.15) is 0 Å². The molecule has 0 bridgehead atoms. The lowest BCUT2D eigenvalue weighted by Gasteiger charge is -2.04. The molecule has 5 nitrogen and oxygen atoms in total. The van der Waals surface area contributed by atoms with Crippen molar-refractivity contribution in [3.63, 3.8) is 0 Å². The van der Waals surface area contributed by atoms with Gasteiger partial charge in [0.25, 0.3) is 0 Å². The number of methoxy groups -OCH3 is 2. The quantitative estimate of drug-likeness (QED) is 0.628. The molecule has 0 aliphatic carbocycles. The Morgan fingerprint density at radius 1 is 1.00 bits per heavy atom. The molecule has 3 aromatic rings. The summed E-state index contributed by atoms with van der Waals surface area (Å²) in [5.41, 5.74) is 2.96. The summed E-state index contributed by atoms with van der Waals surface area (Å²) in [6.45, 7) is 0.929. The molecule has 0 saturated carbocycles. The van der Waals surface area contributed by atoms with Crippen molar-refractivity contribution in [1.82, 2.24) is 9.55 Å². The SMILES string of the molecule is COc1ccc(/C=N/c2c(-c3ccc(OC)cc3)nc3n2CCS3)cc1. The normalized spacial score (nSPS) is 13.2. The lowest BCUT2D eigenvalue weighted by molar-refractivity contribution is 0.414. The molecule has 0 N–H and O–H groups in total. The smallest absolute Gasteiger partial charge is 0.170 e. The Morgan fingerprint density at radius 3 is 2.31 bits per heavy atom. The molecule has 26 heavy (non-hydrogen) atoms. The highest BCUT2D eigenvalue weighted by atomic mass is 32.2. The van der Waals surface area contributed by atoms with Crippen LogP contribution in [0.3, 0.4) is 0 Å². The Hall–Kier alpha value is -2.73. The topological polar surface area (TPSA) is 48.6 Å². The molecule has 0 radical (unpaired) electrons. The van der Waals surface area contributed by atoms with Crippen molar-refractivity contribution in [2.75, 3.05) is 20.0 Å². The minimum Gasteiger partial charge on any atom is -0.497 e. The Balaban J connectivity index is 1.70. The second-order valence-electron chi connectivity index (χ2n) is 5.83. The molecule has 132 valence electrons. The number of hydrogen-bond acceptors (Lipinski definition) is 5. The molecule has 0 saturated heterocycles. The fourth-order valence-electron chi connectivity index (χ4n) is 2.86. The van der Waals surface area contributed by atoms with Gasteiger partial charge in [0.15, 0.2) is 11.0 Å². The first-order valence-electron chi connectivity index (χ1n) is 8.34. The first-order valence-corrected chi connectivity index (χ1v) is 9.33. The lowest BCUT2D eigenvalue weighted by Crippen LogP contribution is -1.93. The third kappa shape index (κ3) is 3.20. The third-order valence-corrected chi connectivity index (χ3v) is 5.22. The molecule has 1 aromatic heterocycles. The van der Waals surface area contributed by atoms with Gasteiger partial charge in [0.1, 0.15) is 17.2 Å². The third-order valence-electron chi connectivity index (χ3n) is 4.27. The number of rotatable bonds is 5. The molecule has 2 aromatic carbocycles. The highest BCUT2D eigenvalue weighted by molar-refractivity contribution is 7.99. The van der Waals surface area contributed by atoms with Gasteiger partial charge in [-0.1, -0.05) is 11.8 Å². The summed E-state index contributed by atoms with van der Waals surface area (Å²) in [5.74, 6) is 3.60. The second kappa shape index (κ2) is 7.25. The van der Waals surface area contributed by atoms with Gasteiger partial charge in [0.2, 0.25) is 0 Å². The van der Waals surface area contributed by atoms with Crippen molar-refractivity contribution in [1.29, 1.82) is 0 Å². The van der Waals surface area contributed by atoms with Crippen molar-refractivity contribution >= 4 is 23.8 Å². The number of aliphatic imine (C=N–C) groups is 1. The van der Waals surface area contributed by atoms with Crippen LogP contribution in [0.25, 0.3) is 11.3 Å². The summed E-state index contributed by atoms with van der Waals surface area (Å²) in [6, 6.07) is 15.8. The largest absolute Gasteiger partial charge is 0.497 e. The van der Waals surface area contributed by atoms with E-state index in [1.165, 1.54) is 0 Å². The van der Waals surface area contributed by atoms with Gasteiger partial charge in [-0.3, -0.25) is 0 Å². The molecule has 0 amide bonds. The van der Waals surface area contributed by atoms with E-state index in [4.69, 9.17) is 19.5 Å². The highest BCUT2D eigenvalue weighted by Crippen LogP contribution is 2.38. The number of aromatic nitrogens is 2. The van der Waals surface area contributed by atoms with E-state index >= 15 is 0 Å². The Kier molecular flexibility index (Phi) is 4.67. The van der Waals surface area contributed by atoms with Gasteiger partial charge < -0.3 is 14.0 Å². The van der Waals surface area contributed by atoms with Crippen LogP contribution in [0.4, 0.5) is 5.82 Å². The van der Waals surface area contributed by atoms with E-state index in [9.17, 15) is 0 Å². The summed E-state index contributed by atoms with van der Waals surface area (Å²) in [4.78, 5) is 9.58. The van der Waals surface area contributed by atoms with Crippen LogP contribution in [0, 0.1) is 0 Å². The molecule has 2 heterocycles. The molecule has 0 fully saturated rings. The maximum atomic E-state index is 5.25. The fourth-order valence-corrected chi connectivity index (χ4v) is 3.81. The van der Waals surface area contributed by atoms with E-state index < -0.39 is 0 Å². The number of benzene rings is 2. The maximum Gasteiger partial charge on any atom is 0.170 e.